The molecule has 1 aliphatic heterocycles. The fourth-order valence-electron chi connectivity index (χ4n) is 3.54. The molecular formula is C22H32IN5O. The van der Waals surface area contributed by atoms with Crippen LogP contribution in [0.1, 0.15) is 37.0 Å². The van der Waals surface area contributed by atoms with Gasteiger partial charge in [-0.05, 0) is 49.6 Å². The summed E-state index contributed by atoms with van der Waals surface area (Å²) in [6, 6.07) is 14.6. The summed E-state index contributed by atoms with van der Waals surface area (Å²) in [5, 5.41) is 17.2. The zero-order chi connectivity index (χ0) is 19.6. The molecule has 0 bridgehead atoms. The van der Waals surface area contributed by atoms with Crippen LogP contribution in [-0.2, 0) is 6.54 Å². The molecule has 1 aromatic carbocycles. The molecule has 1 aromatic heterocycles. The first kappa shape index (κ1) is 23.6. The number of halogens is 1. The summed E-state index contributed by atoms with van der Waals surface area (Å²) in [5.41, 5.74) is 2.19. The fourth-order valence-corrected chi connectivity index (χ4v) is 3.54. The van der Waals surface area contributed by atoms with Gasteiger partial charge in [0.1, 0.15) is 0 Å². The van der Waals surface area contributed by atoms with E-state index >= 15 is 0 Å². The zero-order valence-corrected chi connectivity index (χ0v) is 19.3. The standard InChI is InChI=1S/C22H31N5O.HI/c1-2-24-22(25-15-21(28)19-10-12-23-13-11-19)26-20-9-6-14-27(17-20)16-18-7-4-3-5-8-18;/h3-5,7-8,10-13,20-21,28H,2,6,9,14-17H2,1H3,(H2,24,25,26);1H. The van der Waals surface area contributed by atoms with Crippen molar-refractivity contribution in [3.63, 3.8) is 0 Å². The Hall–Kier alpha value is -1.71. The van der Waals surface area contributed by atoms with Gasteiger partial charge in [0.25, 0.3) is 0 Å². The highest BCUT2D eigenvalue weighted by molar-refractivity contribution is 14.0. The Balaban J connectivity index is 0.00000300. The lowest BCUT2D eigenvalue weighted by atomic mass is 10.0. The second kappa shape index (κ2) is 12.8. The molecule has 3 N–H and O–H groups in total. The number of guanidine groups is 1. The van der Waals surface area contributed by atoms with Crippen LogP contribution in [0.15, 0.2) is 59.9 Å². The molecule has 1 aliphatic rings. The first-order valence-corrected chi connectivity index (χ1v) is 10.1. The molecule has 7 heteroatoms. The van der Waals surface area contributed by atoms with Crippen LogP contribution in [0.4, 0.5) is 0 Å². The average molecular weight is 509 g/mol. The predicted molar refractivity (Wildman–Crippen MR) is 128 cm³/mol. The molecule has 2 heterocycles. The van der Waals surface area contributed by atoms with Gasteiger partial charge in [-0.2, -0.15) is 0 Å². The van der Waals surface area contributed by atoms with E-state index < -0.39 is 6.10 Å². The summed E-state index contributed by atoms with van der Waals surface area (Å²) in [5.74, 6) is 0.766. The van der Waals surface area contributed by atoms with Crippen LogP contribution in [0.25, 0.3) is 0 Å². The van der Waals surface area contributed by atoms with Gasteiger partial charge in [0.15, 0.2) is 5.96 Å². The summed E-state index contributed by atoms with van der Waals surface area (Å²) in [7, 11) is 0. The van der Waals surface area contributed by atoms with Gasteiger partial charge in [0.2, 0.25) is 0 Å². The van der Waals surface area contributed by atoms with Crippen LogP contribution < -0.4 is 10.6 Å². The highest BCUT2D eigenvalue weighted by atomic mass is 127. The molecule has 0 aliphatic carbocycles. The molecule has 3 rings (SSSR count). The van der Waals surface area contributed by atoms with Gasteiger partial charge in [-0.1, -0.05) is 30.3 Å². The number of aliphatic hydroxyl groups is 1. The number of aliphatic imine (C=N–C) groups is 1. The lowest BCUT2D eigenvalue weighted by Gasteiger charge is -2.34. The summed E-state index contributed by atoms with van der Waals surface area (Å²) in [4.78, 5) is 11.1. The van der Waals surface area contributed by atoms with Crippen molar-refractivity contribution in [3.8, 4) is 0 Å². The molecule has 1 fully saturated rings. The van der Waals surface area contributed by atoms with Gasteiger partial charge in [0, 0.05) is 38.1 Å². The molecule has 0 spiro atoms. The number of aromatic nitrogens is 1. The van der Waals surface area contributed by atoms with Gasteiger partial charge in [-0.15, -0.1) is 24.0 Å². The largest absolute Gasteiger partial charge is 0.386 e. The van der Waals surface area contributed by atoms with Gasteiger partial charge in [0.05, 0.1) is 12.6 Å². The fraction of sp³-hybridized carbons (Fsp3) is 0.455. The Morgan fingerprint density at radius 3 is 2.72 bits per heavy atom. The molecule has 0 amide bonds. The molecule has 0 saturated carbocycles. The van der Waals surface area contributed by atoms with Crippen molar-refractivity contribution >= 4 is 29.9 Å². The molecule has 1 saturated heterocycles. The third kappa shape index (κ3) is 7.91. The smallest absolute Gasteiger partial charge is 0.191 e. The third-order valence-electron chi connectivity index (χ3n) is 4.95. The normalized spacial score (nSPS) is 18.6. The van der Waals surface area contributed by atoms with Crippen LogP contribution in [0.3, 0.4) is 0 Å². The van der Waals surface area contributed by atoms with Gasteiger partial charge in [-0.3, -0.25) is 14.9 Å². The third-order valence-corrected chi connectivity index (χ3v) is 4.95. The van der Waals surface area contributed by atoms with Gasteiger partial charge < -0.3 is 15.7 Å². The molecular weight excluding hydrogens is 477 g/mol. The van der Waals surface area contributed by atoms with Crippen LogP contribution in [0, 0.1) is 0 Å². The molecule has 0 radical (unpaired) electrons. The van der Waals surface area contributed by atoms with Crippen molar-refractivity contribution in [1.29, 1.82) is 0 Å². The number of aliphatic hydroxyl groups excluding tert-OH is 1. The SMILES string of the molecule is CCNC(=NCC(O)c1ccncc1)NC1CCCN(Cc2ccccc2)C1.I. The van der Waals surface area contributed by atoms with Gasteiger partial charge >= 0.3 is 0 Å². The minimum Gasteiger partial charge on any atom is -0.386 e. The topological polar surface area (TPSA) is 72.8 Å². The first-order valence-electron chi connectivity index (χ1n) is 10.1. The van der Waals surface area contributed by atoms with Crippen molar-refractivity contribution in [3.05, 3.63) is 66.0 Å². The van der Waals surface area contributed by atoms with Crippen LogP contribution in [0.2, 0.25) is 0 Å². The minimum atomic E-state index is -0.626. The van der Waals surface area contributed by atoms with E-state index in [0.717, 1.165) is 44.1 Å². The molecule has 2 aromatic rings. The Kier molecular flexibility index (Phi) is 10.4. The number of hydrogen-bond donors (Lipinski definition) is 3. The second-order valence-corrected chi connectivity index (χ2v) is 7.22. The van der Waals surface area contributed by atoms with Crippen molar-refractivity contribution < 1.29 is 5.11 Å². The number of pyridine rings is 1. The minimum absolute atomic E-state index is 0. The average Bonchev–Trinajstić information content (AvgIpc) is 2.73. The number of hydrogen-bond acceptors (Lipinski definition) is 4. The summed E-state index contributed by atoms with van der Waals surface area (Å²) in [6.07, 6.45) is 5.05. The quantitative estimate of drug-likeness (QED) is 0.304. The van der Waals surface area contributed by atoms with Crippen molar-refractivity contribution in [2.75, 3.05) is 26.2 Å². The van der Waals surface area contributed by atoms with E-state index in [2.05, 4.69) is 62.8 Å². The van der Waals surface area contributed by atoms with Crippen molar-refractivity contribution in [1.82, 2.24) is 20.5 Å². The Morgan fingerprint density at radius 1 is 1.24 bits per heavy atom. The van der Waals surface area contributed by atoms with Gasteiger partial charge in [-0.25, -0.2) is 0 Å². The first-order chi connectivity index (χ1) is 13.7. The number of piperidine rings is 1. The molecule has 158 valence electrons. The number of nitrogens with zero attached hydrogens (tertiary/aromatic N) is 3. The molecule has 6 nitrogen and oxygen atoms in total. The maximum absolute atomic E-state index is 10.4. The lowest BCUT2D eigenvalue weighted by molar-refractivity contribution is 0.185. The van der Waals surface area contributed by atoms with E-state index in [1.54, 1.807) is 12.4 Å². The van der Waals surface area contributed by atoms with E-state index in [9.17, 15) is 5.11 Å². The molecule has 2 atom stereocenters. The number of rotatable bonds is 7. The monoisotopic (exact) mass is 509 g/mol. The van der Waals surface area contributed by atoms with E-state index in [-0.39, 0.29) is 24.0 Å². The Labute approximate surface area is 190 Å². The highest BCUT2D eigenvalue weighted by Crippen LogP contribution is 2.14. The van der Waals surface area contributed by atoms with E-state index in [4.69, 9.17) is 0 Å². The summed E-state index contributed by atoms with van der Waals surface area (Å²) >= 11 is 0. The maximum atomic E-state index is 10.4. The van der Waals surface area contributed by atoms with E-state index in [1.165, 1.54) is 12.0 Å². The number of benzene rings is 1. The summed E-state index contributed by atoms with van der Waals surface area (Å²) < 4.78 is 0. The Bertz CT molecular complexity index is 728. The molecule has 2 unspecified atom stereocenters. The van der Waals surface area contributed by atoms with E-state index in [1.807, 2.05) is 12.1 Å². The summed E-state index contributed by atoms with van der Waals surface area (Å²) in [6.45, 7) is 6.26. The number of nitrogens with one attached hydrogen (secondary N) is 2. The lowest BCUT2D eigenvalue weighted by Crippen LogP contribution is -2.51. The van der Waals surface area contributed by atoms with Crippen LogP contribution in [-0.4, -0.2) is 53.2 Å². The second-order valence-electron chi connectivity index (χ2n) is 7.22. The van der Waals surface area contributed by atoms with Crippen LogP contribution >= 0.6 is 24.0 Å². The Morgan fingerprint density at radius 2 is 2.00 bits per heavy atom. The van der Waals surface area contributed by atoms with Crippen LogP contribution in [0.5, 0.6) is 0 Å². The van der Waals surface area contributed by atoms with Crippen molar-refractivity contribution in [2.45, 2.75) is 38.5 Å². The van der Waals surface area contributed by atoms with E-state index in [0.29, 0.717) is 12.6 Å². The maximum Gasteiger partial charge on any atom is 0.191 e. The van der Waals surface area contributed by atoms with Crippen molar-refractivity contribution in [2.24, 2.45) is 4.99 Å². The highest BCUT2D eigenvalue weighted by Gasteiger charge is 2.21. The predicted octanol–water partition coefficient (Wildman–Crippen LogP) is 2.95. The molecule has 29 heavy (non-hydrogen) atoms. The zero-order valence-electron chi connectivity index (χ0n) is 17.0. The number of likely N-dealkylation sites (tertiary alicyclic amines) is 1.